The molecule has 0 aliphatic rings. The average Bonchev–Trinajstić information content (AvgIpc) is 2.74. The van der Waals surface area contributed by atoms with E-state index in [2.05, 4.69) is 27.7 Å². The van der Waals surface area contributed by atoms with Gasteiger partial charge in [0.05, 0.1) is 26.2 Å². The predicted molar refractivity (Wildman–Crippen MR) is 97.0 cm³/mol. The molecule has 0 N–H and O–H groups in total. The molecule has 0 bridgehead atoms. The van der Waals surface area contributed by atoms with Gasteiger partial charge in [0.25, 0.3) is 0 Å². The van der Waals surface area contributed by atoms with Crippen LogP contribution in [0.4, 0.5) is 61.5 Å². The lowest BCUT2D eigenvalue weighted by Crippen LogP contribution is -2.73. The van der Waals surface area contributed by atoms with Crippen LogP contribution in [-0.2, 0) is 10.1 Å². The van der Waals surface area contributed by atoms with E-state index >= 15 is 0 Å². The molecule has 19 heteroatoms. The van der Waals surface area contributed by atoms with E-state index in [9.17, 15) is 74.4 Å². The molecule has 0 amide bonds. The molecule has 0 saturated heterocycles. The van der Waals surface area contributed by atoms with Crippen LogP contribution in [0.1, 0.15) is 41.0 Å². The highest BCUT2D eigenvalue weighted by molar-refractivity contribution is 7.86. The molecular weight excluding hydrogens is 564 g/mol. The maximum absolute atomic E-state index is 13.1. The number of alkyl halides is 14. The first kappa shape index (κ1) is 37.0. The van der Waals surface area contributed by atoms with Gasteiger partial charge in [-0.3, -0.25) is 0 Å². The topological polar surface area (TPSA) is 57.2 Å². The Morgan fingerprint density at radius 2 is 0.778 bits per heavy atom. The van der Waals surface area contributed by atoms with Crippen molar-refractivity contribution in [2.75, 3.05) is 26.2 Å². The molecule has 0 aromatic rings. The standard InChI is InChI=1S/C9H6F14O3S.C8H20N/c1-2-3(10,11)4(12,13)5(14,15)6(16,17)7(18,19)8(20,21)9(22,23)27(24,25)26;1-5-9(6-2,7-3)8-4/h2H2,1H3,(H,24,25,26);5-8H2,1-4H3/q;+1/p-1. The van der Waals surface area contributed by atoms with Gasteiger partial charge in [0.1, 0.15) is 0 Å². The van der Waals surface area contributed by atoms with Gasteiger partial charge < -0.3 is 9.04 Å². The molecule has 0 aliphatic heterocycles. The van der Waals surface area contributed by atoms with Crippen LogP contribution in [0.25, 0.3) is 0 Å². The van der Waals surface area contributed by atoms with Crippen molar-refractivity contribution in [1.29, 1.82) is 0 Å². The summed E-state index contributed by atoms with van der Waals surface area (Å²) in [6.45, 7) is 14.2. The van der Waals surface area contributed by atoms with Crippen molar-refractivity contribution >= 4 is 10.1 Å². The van der Waals surface area contributed by atoms with Crippen molar-refractivity contribution in [3.63, 3.8) is 0 Å². The highest BCUT2D eigenvalue weighted by Gasteiger charge is 2.93. The van der Waals surface area contributed by atoms with Crippen molar-refractivity contribution in [1.82, 2.24) is 0 Å². The number of halogens is 14. The molecule has 0 spiro atoms. The lowest BCUT2D eigenvalue weighted by atomic mass is 9.90. The molecule has 0 aliphatic carbocycles. The lowest BCUT2D eigenvalue weighted by molar-refractivity contribution is -0.921. The fourth-order valence-electron chi connectivity index (χ4n) is 2.72. The van der Waals surface area contributed by atoms with Gasteiger partial charge in [-0.25, -0.2) is 8.42 Å². The van der Waals surface area contributed by atoms with Crippen LogP contribution in [-0.4, -0.2) is 84.4 Å². The molecule has 220 valence electrons. The largest absolute Gasteiger partial charge is 0.743 e. The number of nitrogens with zero attached hydrogens (tertiary/aromatic N) is 1. The molecule has 0 aromatic carbocycles. The van der Waals surface area contributed by atoms with Crippen LogP contribution in [0.3, 0.4) is 0 Å². The van der Waals surface area contributed by atoms with E-state index in [-0.39, 0.29) is 6.92 Å². The minimum Gasteiger partial charge on any atom is -0.743 e. The molecule has 0 heterocycles. The molecule has 4 nitrogen and oxygen atoms in total. The zero-order chi connectivity index (χ0) is 30.0. The summed E-state index contributed by atoms with van der Waals surface area (Å²) >= 11 is 0. The maximum Gasteiger partial charge on any atom is 0.402 e. The molecule has 0 atom stereocenters. The summed E-state index contributed by atoms with van der Waals surface area (Å²) in [6, 6.07) is 0. The third kappa shape index (κ3) is 5.66. The predicted octanol–water partition coefficient (Wildman–Crippen LogP) is 6.23. The number of hydrogen-bond acceptors (Lipinski definition) is 3. The van der Waals surface area contributed by atoms with E-state index in [0.29, 0.717) is 0 Å². The first-order chi connectivity index (χ1) is 15.6. The van der Waals surface area contributed by atoms with Gasteiger partial charge in [-0.1, -0.05) is 6.92 Å². The van der Waals surface area contributed by atoms with Crippen molar-refractivity contribution in [2.24, 2.45) is 0 Å². The highest BCUT2D eigenvalue weighted by atomic mass is 32.2. The first-order valence-electron chi connectivity index (χ1n) is 10.0. The highest BCUT2D eigenvalue weighted by Crippen LogP contribution is 2.62. The van der Waals surface area contributed by atoms with Crippen LogP contribution >= 0.6 is 0 Å². The van der Waals surface area contributed by atoms with Gasteiger partial charge in [0.2, 0.25) is 0 Å². The van der Waals surface area contributed by atoms with E-state index in [1.807, 2.05) is 0 Å². The van der Waals surface area contributed by atoms with Crippen molar-refractivity contribution < 1.29 is 78.9 Å². The Morgan fingerprint density at radius 3 is 0.972 bits per heavy atom. The van der Waals surface area contributed by atoms with Crippen LogP contribution < -0.4 is 0 Å². The minimum absolute atomic E-state index is 0.0347. The molecule has 0 saturated carbocycles. The SMILES string of the molecule is CCC(F)(F)C(F)(F)C(F)(F)C(F)(F)C(F)(F)C(F)(F)C(F)(F)S(=O)(=O)[O-].CC[N+](CC)(CC)CC. The summed E-state index contributed by atoms with van der Waals surface area (Å²) in [7, 11) is -7.94. The molecule has 0 radical (unpaired) electrons. The van der Waals surface area contributed by atoms with Crippen LogP contribution in [0, 0.1) is 0 Å². The fourth-order valence-corrected chi connectivity index (χ4v) is 3.17. The summed E-state index contributed by atoms with van der Waals surface area (Å²) in [6.07, 6.45) is -2.42. The van der Waals surface area contributed by atoms with Gasteiger partial charge in [-0.2, -0.15) is 61.5 Å². The minimum atomic E-state index is -8.42. The monoisotopic (exact) mass is 589 g/mol. The molecule has 0 aromatic heterocycles. The molecule has 0 fully saturated rings. The Bertz CT molecular complexity index is 809. The van der Waals surface area contributed by atoms with Crippen LogP contribution in [0.5, 0.6) is 0 Å². The zero-order valence-corrected chi connectivity index (χ0v) is 20.2. The maximum atomic E-state index is 13.1. The van der Waals surface area contributed by atoms with E-state index in [1.165, 1.54) is 30.7 Å². The van der Waals surface area contributed by atoms with E-state index in [4.69, 9.17) is 0 Å². The summed E-state index contributed by atoms with van der Waals surface area (Å²) < 4.78 is 212. The molecular formula is C17H25F14NO3S. The Kier molecular flexibility index (Phi) is 11.3. The van der Waals surface area contributed by atoms with Gasteiger partial charge in [0, 0.05) is 6.42 Å². The quantitative estimate of drug-likeness (QED) is 0.154. The van der Waals surface area contributed by atoms with Gasteiger partial charge in [-0.15, -0.1) is 0 Å². The second kappa shape index (κ2) is 10.9. The third-order valence-electron chi connectivity index (χ3n) is 5.84. The van der Waals surface area contributed by atoms with Crippen LogP contribution in [0.2, 0.25) is 0 Å². The first-order valence-corrected chi connectivity index (χ1v) is 11.4. The summed E-state index contributed by atoms with van der Waals surface area (Å²) in [5.74, 6) is -46.9. The Hall–Kier alpha value is -1.11. The fraction of sp³-hybridized carbons (Fsp3) is 1.00. The summed E-state index contributed by atoms with van der Waals surface area (Å²) in [5, 5.41) is -7.72. The second-order valence-electron chi connectivity index (χ2n) is 7.51. The Balaban J connectivity index is 0. The second-order valence-corrected chi connectivity index (χ2v) is 8.93. The number of rotatable bonds is 12. The summed E-state index contributed by atoms with van der Waals surface area (Å²) in [4.78, 5) is 0. The summed E-state index contributed by atoms with van der Waals surface area (Å²) in [5.41, 5.74) is 0. The lowest BCUT2D eigenvalue weighted by Gasteiger charge is -2.42. The average molecular weight is 589 g/mol. The van der Waals surface area contributed by atoms with E-state index in [0.717, 1.165) is 0 Å². The van der Waals surface area contributed by atoms with E-state index < -0.39 is 57.3 Å². The van der Waals surface area contributed by atoms with E-state index in [1.54, 1.807) is 0 Å². The zero-order valence-electron chi connectivity index (χ0n) is 19.4. The van der Waals surface area contributed by atoms with Gasteiger partial charge in [-0.05, 0) is 27.7 Å². The normalized spacial score (nSPS) is 15.4. The number of hydrogen-bond donors (Lipinski definition) is 0. The Labute approximate surface area is 198 Å². The molecule has 0 unspecified atom stereocenters. The van der Waals surface area contributed by atoms with Crippen LogP contribution in [0.15, 0.2) is 0 Å². The molecule has 36 heavy (non-hydrogen) atoms. The van der Waals surface area contributed by atoms with Crippen molar-refractivity contribution in [3.05, 3.63) is 0 Å². The van der Waals surface area contributed by atoms with Crippen molar-refractivity contribution in [2.45, 2.75) is 81.8 Å². The smallest absolute Gasteiger partial charge is 0.402 e. The van der Waals surface area contributed by atoms with Gasteiger partial charge in [0.15, 0.2) is 10.1 Å². The van der Waals surface area contributed by atoms with Gasteiger partial charge >= 0.3 is 40.8 Å². The Morgan fingerprint density at radius 1 is 0.528 bits per heavy atom. The van der Waals surface area contributed by atoms with Crippen molar-refractivity contribution in [3.8, 4) is 0 Å². The third-order valence-corrected chi connectivity index (χ3v) is 6.73. The molecule has 0 rings (SSSR count). The number of quaternary nitrogens is 1.